The number of ketones is 1. The number of ether oxygens (including phenoxy) is 2. The summed E-state index contributed by atoms with van der Waals surface area (Å²) in [6, 6.07) is 31.1. The minimum Gasteiger partial charge on any atom is -0.507 e. The second kappa shape index (κ2) is 11.9. The maximum absolute atomic E-state index is 13.4. The molecule has 6 nitrogen and oxygen atoms in total. The highest BCUT2D eigenvalue weighted by Gasteiger charge is 2.46. The SMILES string of the molecule is CCOc1cc(C2C(=C(O)c3ccc(C)cc3)C(=O)C(=O)N2Cc2ccccc2)ccc1OCc1ccccc1. The summed E-state index contributed by atoms with van der Waals surface area (Å²) in [6.07, 6.45) is 0. The number of Topliss-reactive ketones (excluding diaryl/α,β-unsaturated/α-hetero) is 1. The molecule has 1 N–H and O–H groups in total. The highest BCUT2D eigenvalue weighted by molar-refractivity contribution is 6.46. The fourth-order valence-electron chi connectivity index (χ4n) is 4.85. The van der Waals surface area contributed by atoms with Crippen molar-refractivity contribution < 1.29 is 24.2 Å². The van der Waals surface area contributed by atoms with Crippen LogP contribution in [0.25, 0.3) is 5.76 Å². The molecule has 4 aromatic rings. The third-order valence-corrected chi connectivity index (χ3v) is 6.88. The first-order valence-corrected chi connectivity index (χ1v) is 13.3. The van der Waals surface area contributed by atoms with E-state index < -0.39 is 17.7 Å². The Balaban J connectivity index is 1.58. The van der Waals surface area contributed by atoms with E-state index in [0.717, 1.165) is 16.7 Å². The zero-order chi connectivity index (χ0) is 28.1. The smallest absolute Gasteiger partial charge is 0.295 e. The average molecular weight is 534 g/mol. The number of benzene rings is 4. The Kier molecular flexibility index (Phi) is 7.97. The monoisotopic (exact) mass is 533 g/mol. The molecule has 0 aromatic heterocycles. The fraction of sp³-hybridized carbons (Fsp3) is 0.176. The van der Waals surface area contributed by atoms with Gasteiger partial charge in [0.25, 0.3) is 11.7 Å². The maximum atomic E-state index is 13.4. The van der Waals surface area contributed by atoms with Crippen LogP contribution in [0.4, 0.5) is 0 Å². The molecular weight excluding hydrogens is 502 g/mol. The maximum Gasteiger partial charge on any atom is 0.295 e. The lowest BCUT2D eigenvalue weighted by atomic mass is 9.94. The zero-order valence-electron chi connectivity index (χ0n) is 22.5. The van der Waals surface area contributed by atoms with Gasteiger partial charge in [0.05, 0.1) is 18.2 Å². The van der Waals surface area contributed by atoms with Crippen molar-refractivity contribution in [2.24, 2.45) is 0 Å². The van der Waals surface area contributed by atoms with Gasteiger partial charge in [0.1, 0.15) is 12.4 Å². The molecule has 202 valence electrons. The Morgan fingerprint density at radius 2 is 1.45 bits per heavy atom. The summed E-state index contributed by atoms with van der Waals surface area (Å²) in [5, 5.41) is 11.4. The van der Waals surface area contributed by atoms with Gasteiger partial charge >= 0.3 is 0 Å². The van der Waals surface area contributed by atoms with Crippen LogP contribution >= 0.6 is 0 Å². The van der Waals surface area contributed by atoms with Gasteiger partial charge in [-0.15, -0.1) is 0 Å². The second-order valence-corrected chi connectivity index (χ2v) is 9.69. The van der Waals surface area contributed by atoms with Crippen LogP contribution in [0.3, 0.4) is 0 Å². The largest absolute Gasteiger partial charge is 0.507 e. The zero-order valence-corrected chi connectivity index (χ0v) is 22.5. The highest BCUT2D eigenvalue weighted by atomic mass is 16.5. The summed E-state index contributed by atoms with van der Waals surface area (Å²) in [4.78, 5) is 28.4. The Labute approximate surface area is 234 Å². The molecule has 4 aromatic carbocycles. The van der Waals surface area contributed by atoms with Crippen LogP contribution in [-0.4, -0.2) is 28.3 Å². The van der Waals surface area contributed by atoms with Gasteiger partial charge < -0.3 is 19.5 Å². The molecule has 1 atom stereocenters. The van der Waals surface area contributed by atoms with Gasteiger partial charge in [-0.25, -0.2) is 0 Å². The molecule has 1 unspecified atom stereocenters. The first-order valence-electron chi connectivity index (χ1n) is 13.3. The van der Waals surface area contributed by atoms with E-state index in [1.165, 1.54) is 4.90 Å². The summed E-state index contributed by atoms with van der Waals surface area (Å²) in [5.74, 6) is -0.544. The van der Waals surface area contributed by atoms with Crippen molar-refractivity contribution in [3.05, 3.63) is 137 Å². The first-order chi connectivity index (χ1) is 19.5. The second-order valence-electron chi connectivity index (χ2n) is 9.69. The van der Waals surface area contributed by atoms with E-state index in [1.807, 2.05) is 92.7 Å². The number of hydrogen-bond donors (Lipinski definition) is 1. The standard InChI is InChI=1S/C34H31NO5/c1-3-39-29-20-27(18-19-28(29)40-22-25-12-8-5-9-13-25)31-30(32(36)26-16-14-23(2)15-17-26)33(37)34(38)35(31)21-24-10-6-4-7-11-24/h4-20,31,36H,3,21-22H2,1-2H3. The van der Waals surface area contributed by atoms with Crippen LogP contribution in [0.1, 0.15) is 40.8 Å². The van der Waals surface area contributed by atoms with E-state index in [0.29, 0.717) is 35.8 Å². The van der Waals surface area contributed by atoms with Crippen LogP contribution < -0.4 is 9.47 Å². The fourth-order valence-corrected chi connectivity index (χ4v) is 4.85. The molecule has 1 saturated heterocycles. The normalized spacial score (nSPS) is 16.2. The molecule has 6 heteroatoms. The van der Waals surface area contributed by atoms with E-state index in [-0.39, 0.29) is 17.9 Å². The predicted molar refractivity (Wildman–Crippen MR) is 154 cm³/mol. The van der Waals surface area contributed by atoms with Gasteiger partial charge in [-0.2, -0.15) is 0 Å². The summed E-state index contributed by atoms with van der Waals surface area (Å²) < 4.78 is 12.0. The van der Waals surface area contributed by atoms with Crippen molar-refractivity contribution in [1.82, 2.24) is 4.90 Å². The van der Waals surface area contributed by atoms with Crippen LogP contribution in [0.2, 0.25) is 0 Å². The first kappa shape index (κ1) is 26.8. The Morgan fingerprint density at radius 1 is 0.800 bits per heavy atom. The molecule has 0 bridgehead atoms. The van der Waals surface area contributed by atoms with Crippen LogP contribution in [0.5, 0.6) is 11.5 Å². The Hall–Kier alpha value is -4.84. The van der Waals surface area contributed by atoms with E-state index in [4.69, 9.17) is 9.47 Å². The van der Waals surface area contributed by atoms with E-state index in [2.05, 4.69) is 0 Å². The molecule has 1 amide bonds. The minimum atomic E-state index is -0.816. The summed E-state index contributed by atoms with van der Waals surface area (Å²) in [7, 11) is 0. The highest BCUT2D eigenvalue weighted by Crippen LogP contribution is 2.43. The van der Waals surface area contributed by atoms with Crippen molar-refractivity contribution in [3.63, 3.8) is 0 Å². The molecule has 0 aliphatic carbocycles. The Bertz CT molecular complexity index is 1530. The predicted octanol–water partition coefficient (Wildman–Crippen LogP) is 6.59. The number of rotatable bonds is 9. The van der Waals surface area contributed by atoms with Crippen LogP contribution in [-0.2, 0) is 22.7 Å². The third kappa shape index (κ3) is 5.61. The number of amides is 1. The minimum absolute atomic E-state index is 0.0465. The molecule has 0 saturated carbocycles. The van der Waals surface area contributed by atoms with Crippen molar-refractivity contribution in [1.29, 1.82) is 0 Å². The van der Waals surface area contributed by atoms with Gasteiger partial charge in [-0.05, 0) is 42.7 Å². The van der Waals surface area contributed by atoms with Gasteiger partial charge in [0.15, 0.2) is 11.5 Å². The molecule has 40 heavy (non-hydrogen) atoms. The van der Waals surface area contributed by atoms with Crippen molar-refractivity contribution in [3.8, 4) is 11.5 Å². The summed E-state index contributed by atoms with van der Waals surface area (Å²) >= 11 is 0. The number of nitrogens with zero attached hydrogens (tertiary/aromatic N) is 1. The Morgan fingerprint density at radius 3 is 2.10 bits per heavy atom. The number of aliphatic hydroxyl groups excluding tert-OH is 1. The van der Waals surface area contributed by atoms with Gasteiger partial charge in [0, 0.05) is 12.1 Å². The quantitative estimate of drug-likeness (QED) is 0.149. The number of hydrogen-bond acceptors (Lipinski definition) is 5. The van der Waals surface area contributed by atoms with Gasteiger partial charge in [-0.3, -0.25) is 9.59 Å². The number of likely N-dealkylation sites (tertiary alicyclic amines) is 1. The number of aliphatic hydroxyl groups is 1. The molecule has 0 spiro atoms. The van der Waals surface area contributed by atoms with Crippen molar-refractivity contribution >= 4 is 17.4 Å². The molecule has 1 aliphatic heterocycles. The third-order valence-electron chi connectivity index (χ3n) is 6.88. The molecule has 0 radical (unpaired) electrons. The number of carbonyl (C=O) groups is 2. The van der Waals surface area contributed by atoms with E-state index >= 15 is 0 Å². The summed E-state index contributed by atoms with van der Waals surface area (Å²) in [5.41, 5.74) is 4.07. The summed E-state index contributed by atoms with van der Waals surface area (Å²) in [6.45, 7) is 4.79. The molecule has 5 rings (SSSR count). The van der Waals surface area contributed by atoms with E-state index in [9.17, 15) is 14.7 Å². The lowest BCUT2D eigenvalue weighted by molar-refractivity contribution is -0.140. The van der Waals surface area contributed by atoms with Crippen LogP contribution in [0.15, 0.2) is 109 Å². The van der Waals surface area contributed by atoms with Gasteiger partial charge in [0.2, 0.25) is 0 Å². The van der Waals surface area contributed by atoms with Crippen molar-refractivity contribution in [2.45, 2.75) is 33.0 Å². The van der Waals surface area contributed by atoms with Crippen molar-refractivity contribution in [2.75, 3.05) is 6.61 Å². The van der Waals surface area contributed by atoms with Crippen LogP contribution in [0, 0.1) is 6.92 Å². The lowest BCUT2D eigenvalue weighted by Gasteiger charge is -2.26. The topological polar surface area (TPSA) is 76.1 Å². The molecular formula is C34H31NO5. The van der Waals surface area contributed by atoms with E-state index in [1.54, 1.807) is 24.3 Å². The molecule has 1 aliphatic rings. The molecule has 1 fully saturated rings. The number of aryl methyl sites for hydroxylation is 1. The number of carbonyl (C=O) groups excluding carboxylic acids is 2. The molecule has 1 heterocycles. The average Bonchev–Trinajstić information content (AvgIpc) is 3.22. The van der Waals surface area contributed by atoms with Gasteiger partial charge in [-0.1, -0.05) is 96.6 Å². The lowest BCUT2D eigenvalue weighted by Crippen LogP contribution is -2.29.